The standard InChI is InChI=1S/C15H15Cl2NS/c1-18-9-11-6-7-13(8-15(11)17)19-10-12-4-2-3-5-14(12)16/h2-8,18H,9-10H2,1H3. The van der Waals surface area contributed by atoms with Gasteiger partial charge in [-0.25, -0.2) is 0 Å². The Morgan fingerprint density at radius 2 is 1.79 bits per heavy atom. The molecule has 0 spiro atoms. The van der Waals surface area contributed by atoms with Gasteiger partial charge in [0.25, 0.3) is 0 Å². The third-order valence-corrected chi connectivity index (χ3v) is 4.51. The predicted molar refractivity (Wildman–Crippen MR) is 85.2 cm³/mol. The van der Waals surface area contributed by atoms with Gasteiger partial charge in [-0.15, -0.1) is 11.8 Å². The highest BCUT2D eigenvalue weighted by atomic mass is 35.5. The van der Waals surface area contributed by atoms with Crippen molar-refractivity contribution in [1.29, 1.82) is 0 Å². The van der Waals surface area contributed by atoms with Crippen molar-refractivity contribution in [3.63, 3.8) is 0 Å². The van der Waals surface area contributed by atoms with E-state index in [1.165, 1.54) is 0 Å². The van der Waals surface area contributed by atoms with Crippen LogP contribution in [0.1, 0.15) is 11.1 Å². The molecule has 0 radical (unpaired) electrons. The molecule has 4 heteroatoms. The van der Waals surface area contributed by atoms with Gasteiger partial charge < -0.3 is 5.32 Å². The molecule has 0 amide bonds. The van der Waals surface area contributed by atoms with E-state index in [9.17, 15) is 0 Å². The first-order valence-corrected chi connectivity index (χ1v) is 7.74. The average molecular weight is 312 g/mol. The summed E-state index contributed by atoms with van der Waals surface area (Å²) in [7, 11) is 1.91. The maximum absolute atomic E-state index is 6.24. The van der Waals surface area contributed by atoms with Gasteiger partial charge in [-0.1, -0.05) is 47.5 Å². The Morgan fingerprint density at radius 1 is 1.00 bits per heavy atom. The molecular formula is C15H15Cl2NS. The second-order valence-corrected chi connectivity index (χ2v) is 6.03. The number of nitrogens with one attached hydrogen (secondary N) is 1. The molecule has 0 saturated carbocycles. The molecule has 0 unspecified atom stereocenters. The SMILES string of the molecule is CNCc1ccc(SCc2ccccc2Cl)cc1Cl. The minimum Gasteiger partial charge on any atom is -0.316 e. The van der Waals surface area contributed by atoms with Crippen LogP contribution in [-0.4, -0.2) is 7.05 Å². The lowest BCUT2D eigenvalue weighted by Crippen LogP contribution is -2.05. The summed E-state index contributed by atoms with van der Waals surface area (Å²) >= 11 is 14.1. The lowest BCUT2D eigenvalue weighted by molar-refractivity contribution is 0.817. The van der Waals surface area contributed by atoms with Crippen LogP contribution in [0.15, 0.2) is 47.4 Å². The van der Waals surface area contributed by atoms with Gasteiger partial charge in [-0.2, -0.15) is 0 Å². The van der Waals surface area contributed by atoms with Crippen LogP contribution in [-0.2, 0) is 12.3 Å². The summed E-state index contributed by atoms with van der Waals surface area (Å²) in [5.74, 6) is 0.849. The van der Waals surface area contributed by atoms with Crippen LogP contribution in [0, 0.1) is 0 Å². The van der Waals surface area contributed by atoms with Crippen molar-refractivity contribution in [2.45, 2.75) is 17.2 Å². The molecular weight excluding hydrogens is 297 g/mol. The van der Waals surface area contributed by atoms with Crippen molar-refractivity contribution < 1.29 is 0 Å². The number of rotatable bonds is 5. The van der Waals surface area contributed by atoms with Crippen molar-refractivity contribution in [3.8, 4) is 0 Å². The van der Waals surface area contributed by atoms with Gasteiger partial charge in [0.05, 0.1) is 0 Å². The minimum atomic E-state index is 0.786. The van der Waals surface area contributed by atoms with Gasteiger partial charge >= 0.3 is 0 Å². The lowest BCUT2D eigenvalue weighted by atomic mass is 10.2. The first-order valence-electron chi connectivity index (χ1n) is 6.00. The van der Waals surface area contributed by atoms with Crippen molar-refractivity contribution in [2.24, 2.45) is 0 Å². The second kappa shape index (κ2) is 7.20. The number of hydrogen-bond acceptors (Lipinski definition) is 2. The first kappa shape index (κ1) is 14.7. The molecule has 1 N–H and O–H groups in total. The summed E-state index contributed by atoms with van der Waals surface area (Å²) in [6, 6.07) is 14.1. The van der Waals surface area contributed by atoms with Gasteiger partial charge in [0.1, 0.15) is 0 Å². The van der Waals surface area contributed by atoms with E-state index in [1.54, 1.807) is 11.8 Å². The molecule has 0 atom stereocenters. The summed E-state index contributed by atoms with van der Waals surface area (Å²) in [5, 5.41) is 4.72. The van der Waals surface area contributed by atoms with Crippen LogP contribution in [0.4, 0.5) is 0 Å². The van der Waals surface area contributed by atoms with Gasteiger partial charge in [-0.05, 0) is 36.4 Å². The van der Waals surface area contributed by atoms with E-state index in [1.807, 2.05) is 37.4 Å². The number of hydrogen-bond donors (Lipinski definition) is 1. The molecule has 0 aliphatic carbocycles. The predicted octanol–water partition coefficient (Wildman–Crippen LogP) is 5.01. The van der Waals surface area contributed by atoms with E-state index in [4.69, 9.17) is 23.2 Å². The Morgan fingerprint density at radius 3 is 2.47 bits per heavy atom. The Balaban J connectivity index is 2.04. The zero-order valence-corrected chi connectivity index (χ0v) is 12.9. The molecule has 2 rings (SSSR count). The highest BCUT2D eigenvalue weighted by molar-refractivity contribution is 7.98. The highest BCUT2D eigenvalue weighted by Gasteiger charge is 2.04. The molecule has 100 valence electrons. The molecule has 2 aromatic rings. The fourth-order valence-corrected chi connectivity index (χ4v) is 3.26. The van der Waals surface area contributed by atoms with E-state index in [0.29, 0.717) is 0 Å². The fraction of sp³-hybridized carbons (Fsp3) is 0.200. The zero-order chi connectivity index (χ0) is 13.7. The van der Waals surface area contributed by atoms with Crippen LogP contribution in [0.25, 0.3) is 0 Å². The number of thioether (sulfide) groups is 1. The quantitative estimate of drug-likeness (QED) is 0.779. The van der Waals surface area contributed by atoms with Gasteiger partial charge in [0.15, 0.2) is 0 Å². The fourth-order valence-electron chi connectivity index (χ4n) is 1.73. The third-order valence-electron chi connectivity index (χ3n) is 2.74. The monoisotopic (exact) mass is 311 g/mol. The van der Waals surface area contributed by atoms with Crippen LogP contribution < -0.4 is 5.32 Å². The average Bonchev–Trinajstić information content (AvgIpc) is 2.41. The second-order valence-electron chi connectivity index (χ2n) is 4.16. The normalized spacial score (nSPS) is 10.7. The molecule has 0 bridgehead atoms. The van der Waals surface area contributed by atoms with Crippen LogP contribution in [0.3, 0.4) is 0 Å². The van der Waals surface area contributed by atoms with Gasteiger partial charge in [-0.3, -0.25) is 0 Å². The van der Waals surface area contributed by atoms with E-state index >= 15 is 0 Å². The Labute approximate surface area is 128 Å². The van der Waals surface area contributed by atoms with Crippen LogP contribution >= 0.6 is 35.0 Å². The van der Waals surface area contributed by atoms with Crippen molar-refractivity contribution in [1.82, 2.24) is 5.32 Å². The summed E-state index contributed by atoms with van der Waals surface area (Å²) in [4.78, 5) is 1.16. The maximum atomic E-state index is 6.24. The van der Waals surface area contributed by atoms with Crippen molar-refractivity contribution in [2.75, 3.05) is 7.05 Å². The molecule has 0 heterocycles. The van der Waals surface area contributed by atoms with Crippen LogP contribution in [0.5, 0.6) is 0 Å². The topological polar surface area (TPSA) is 12.0 Å². The van der Waals surface area contributed by atoms with E-state index in [2.05, 4.69) is 17.4 Å². The molecule has 0 aliphatic heterocycles. The first-order chi connectivity index (χ1) is 9.20. The zero-order valence-electron chi connectivity index (χ0n) is 10.6. The third kappa shape index (κ3) is 4.15. The molecule has 0 fully saturated rings. The molecule has 19 heavy (non-hydrogen) atoms. The lowest BCUT2D eigenvalue weighted by Gasteiger charge is -2.07. The minimum absolute atomic E-state index is 0.786. The molecule has 1 nitrogen and oxygen atoms in total. The molecule has 0 saturated heterocycles. The smallest absolute Gasteiger partial charge is 0.0462 e. The number of benzene rings is 2. The maximum Gasteiger partial charge on any atom is 0.0462 e. The van der Waals surface area contributed by atoms with Crippen LogP contribution in [0.2, 0.25) is 10.0 Å². The van der Waals surface area contributed by atoms with Crippen molar-refractivity contribution >= 4 is 35.0 Å². The Bertz CT molecular complexity index is 558. The van der Waals surface area contributed by atoms with E-state index in [0.717, 1.165) is 38.4 Å². The van der Waals surface area contributed by atoms with Gasteiger partial charge in [0, 0.05) is 27.2 Å². The molecule has 0 aromatic heterocycles. The molecule has 0 aliphatic rings. The summed E-state index contributed by atoms with van der Waals surface area (Å²) in [6.45, 7) is 0.786. The van der Waals surface area contributed by atoms with E-state index in [-0.39, 0.29) is 0 Å². The summed E-state index contributed by atoms with van der Waals surface area (Å²) in [6.07, 6.45) is 0. The Hall–Kier alpha value is -0.670. The summed E-state index contributed by atoms with van der Waals surface area (Å²) in [5.41, 5.74) is 2.26. The largest absolute Gasteiger partial charge is 0.316 e. The molecule has 2 aromatic carbocycles. The highest BCUT2D eigenvalue weighted by Crippen LogP contribution is 2.29. The Kier molecular flexibility index (Phi) is 5.59. The van der Waals surface area contributed by atoms with Crippen molar-refractivity contribution in [3.05, 3.63) is 63.6 Å². The summed E-state index contributed by atoms with van der Waals surface area (Å²) < 4.78 is 0. The van der Waals surface area contributed by atoms with Gasteiger partial charge in [0.2, 0.25) is 0 Å². The number of halogens is 2. The van der Waals surface area contributed by atoms with E-state index < -0.39 is 0 Å².